The highest BCUT2D eigenvalue weighted by Crippen LogP contribution is 2.15. The molecule has 18 heavy (non-hydrogen) atoms. The highest BCUT2D eigenvalue weighted by molar-refractivity contribution is 4.93. The number of likely N-dealkylation sites (tertiary alicyclic amines) is 1. The minimum Gasteiger partial charge on any atom is -0.329 e. The molecule has 0 amide bonds. The monoisotopic (exact) mass is 252 g/mol. The maximum absolute atomic E-state index is 5.49. The lowest BCUT2D eigenvalue weighted by molar-refractivity contribution is 0.139. The Morgan fingerprint density at radius 2 is 2.11 bits per heavy atom. The van der Waals surface area contributed by atoms with E-state index >= 15 is 0 Å². The Labute approximate surface area is 109 Å². The summed E-state index contributed by atoms with van der Waals surface area (Å²) in [4.78, 5) is 4.78. The van der Waals surface area contributed by atoms with Crippen molar-refractivity contribution in [3.05, 3.63) is 11.9 Å². The van der Waals surface area contributed by atoms with Crippen LogP contribution in [0.4, 0.5) is 0 Å². The molecule has 1 aromatic heterocycles. The van der Waals surface area contributed by atoms with Gasteiger partial charge in [0.25, 0.3) is 0 Å². The molecule has 1 aliphatic rings. The second kappa shape index (κ2) is 6.26. The van der Waals surface area contributed by atoms with Gasteiger partial charge in [0.15, 0.2) is 0 Å². The van der Waals surface area contributed by atoms with Gasteiger partial charge in [0.05, 0.1) is 12.2 Å². The third-order valence-corrected chi connectivity index (χ3v) is 3.62. The molecule has 1 aromatic rings. The number of nitrogens with two attached hydrogens (primary N) is 1. The van der Waals surface area contributed by atoms with Crippen LogP contribution in [0.25, 0.3) is 0 Å². The molecule has 0 atom stereocenters. The molecule has 0 radical (unpaired) electrons. The van der Waals surface area contributed by atoms with Gasteiger partial charge >= 0.3 is 0 Å². The van der Waals surface area contributed by atoms with Crippen LogP contribution in [0.5, 0.6) is 0 Å². The lowest BCUT2D eigenvalue weighted by Gasteiger charge is -2.34. The first kappa shape index (κ1) is 13.5. The number of piperidine rings is 1. The van der Waals surface area contributed by atoms with E-state index in [1.165, 1.54) is 12.8 Å². The van der Waals surface area contributed by atoms with Gasteiger partial charge in [0, 0.05) is 38.4 Å². The van der Waals surface area contributed by atoms with Gasteiger partial charge in [-0.15, -0.1) is 5.10 Å². The summed E-state index contributed by atoms with van der Waals surface area (Å²) in [6.45, 7) is 4.55. The van der Waals surface area contributed by atoms with Gasteiger partial charge in [-0.1, -0.05) is 5.21 Å². The van der Waals surface area contributed by atoms with Gasteiger partial charge in [0.1, 0.15) is 0 Å². The summed E-state index contributed by atoms with van der Waals surface area (Å²) in [6.07, 6.45) is 4.48. The molecule has 0 saturated carbocycles. The van der Waals surface area contributed by atoms with Gasteiger partial charge in [0.2, 0.25) is 0 Å². The number of nitrogens with zero attached hydrogens (tertiary/aromatic N) is 5. The molecule has 1 saturated heterocycles. The van der Waals surface area contributed by atoms with Crippen molar-refractivity contribution in [2.24, 2.45) is 5.73 Å². The molecule has 0 unspecified atom stereocenters. The lowest BCUT2D eigenvalue weighted by atomic mass is 10.0. The van der Waals surface area contributed by atoms with Crippen molar-refractivity contribution < 1.29 is 0 Å². The van der Waals surface area contributed by atoms with Crippen LogP contribution >= 0.6 is 0 Å². The second-order valence-corrected chi connectivity index (χ2v) is 5.23. The quantitative estimate of drug-likeness (QED) is 0.784. The van der Waals surface area contributed by atoms with Gasteiger partial charge in [-0.05, 0) is 26.9 Å². The van der Waals surface area contributed by atoms with Crippen LogP contribution in [0, 0.1) is 0 Å². The fourth-order valence-corrected chi connectivity index (χ4v) is 2.48. The molecule has 102 valence electrons. The average molecular weight is 252 g/mol. The number of aromatic nitrogens is 3. The predicted molar refractivity (Wildman–Crippen MR) is 71.1 cm³/mol. The maximum atomic E-state index is 5.49. The highest BCUT2D eigenvalue weighted by Gasteiger charge is 2.21. The first-order valence-corrected chi connectivity index (χ1v) is 6.67. The first-order chi connectivity index (χ1) is 8.69. The van der Waals surface area contributed by atoms with Crippen LogP contribution in [0.1, 0.15) is 18.5 Å². The largest absolute Gasteiger partial charge is 0.329 e. The smallest absolute Gasteiger partial charge is 0.0967 e. The van der Waals surface area contributed by atoms with E-state index in [0.717, 1.165) is 37.9 Å². The fraction of sp³-hybridized carbons (Fsp3) is 0.833. The topological polar surface area (TPSA) is 63.2 Å². The molecule has 0 aliphatic carbocycles. The maximum Gasteiger partial charge on any atom is 0.0967 e. The Bertz CT molecular complexity index is 353. The molecule has 1 aliphatic heterocycles. The molecule has 6 nitrogen and oxygen atoms in total. The van der Waals surface area contributed by atoms with Crippen LogP contribution in [-0.2, 0) is 13.1 Å². The normalized spacial score (nSPS) is 18.7. The minimum absolute atomic E-state index is 0.608. The van der Waals surface area contributed by atoms with E-state index in [-0.39, 0.29) is 0 Å². The SMILES string of the molecule is CN(C)C1CCN(Cc2cn(CCN)nn2)CC1. The summed E-state index contributed by atoms with van der Waals surface area (Å²) >= 11 is 0. The van der Waals surface area contributed by atoms with Gasteiger partial charge < -0.3 is 10.6 Å². The Balaban J connectivity index is 1.80. The van der Waals surface area contributed by atoms with Crippen LogP contribution in [0.15, 0.2) is 6.20 Å². The fourth-order valence-electron chi connectivity index (χ4n) is 2.48. The summed E-state index contributed by atoms with van der Waals surface area (Å²) in [5, 5.41) is 8.25. The molecular formula is C12H24N6. The van der Waals surface area contributed by atoms with E-state index in [1.54, 1.807) is 0 Å². The number of rotatable bonds is 5. The van der Waals surface area contributed by atoms with Crippen LogP contribution in [-0.4, -0.2) is 64.6 Å². The van der Waals surface area contributed by atoms with E-state index in [9.17, 15) is 0 Å². The van der Waals surface area contributed by atoms with Crippen molar-refractivity contribution in [1.29, 1.82) is 0 Å². The number of hydrogen-bond donors (Lipinski definition) is 1. The van der Waals surface area contributed by atoms with E-state index in [4.69, 9.17) is 5.73 Å². The van der Waals surface area contributed by atoms with E-state index in [2.05, 4.69) is 34.2 Å². The summed E-state index contributed by atoms with van der Waals surface area (Å²) in [6, 6.07) is 0.731. The van der Waals surface area contributed by atoms with Gasteiger partial charge in [-0.25, -0.2) is 0 Å². The molecule has 0 bridgehead atoms. The van der Waals surface area contributed by atoms with Gasteiger partial charge in [-0.3, -0.25) is 9.58 Å². The lowest BCUT2D eigenvalue weighted by Crippen LogP contribution is -2.41. The first-order valence-electron chi connectivity index (χ1n) is 6.67. The van der Waals surface area contributed by atoms with Crippen molar-refractivity contribution in [3.8, 4) is 0 Å². The Morgan fingerprint density at radius 1 is 1.39 bits per heavy atom. The zero-order valence-corrected chi connectivity index (χ0v) is 11.4. The van der Waals surface area contributed by atoms with E-state index < -0.39 is 0 Å². The second-order valence-electron chi connectivity index (χ2n) is 5.23. The average Bonchev–Trinajstić information content (AvgIpc) is 2.78. The molecule has 6 heteroatoms. The molecular weight excluding hydrogens is 228 g/mol. The van der Waals surface area contributed by atoms with E-state index in [0.29, 0.717) is 6.54 Å². The zero-order valence-electron chi connectivity index (χ0n) is 11.4. The third-order valence-electron chi connectivity index (χ3n) is 3.62. The summed E-state index contributed by atoms with van der Waals surface area (Å²) in [7, 11) is 4.33. The molecule has 2 heterocycles. The summed E-state index contributed by atoms with van der Waals surface area (Å²) < 4.78 is 1.82. The van der Waals surface area contributed by atoms with Crippen molar-refractivity contribution in [3.63, 3.8) is 0 Å². The molecule has 0 spiro atoms. The molecule has 2 N–H and O–H groups in total. The molecule has 0 aromatic carbocycles. The highest BCUT2D eigenvalue weighted by atomic mass is 15.4. The van der Waals surface area contributed by atoms with Crippen molar-refractivity contribution >= 4 is 0 Å². The Hall–Kier alpha value is -0.980. The summed E-state index contributed by atoms with van der Waals surface area (Å²) in [5.41, 5.74) is 6.54. The van der Waals surface area contributed by atoms with Crippen LogP contribution < -0.4 is 5.73 Å². The summed E-state index contributed by atoms with van der Waals surface area (Å²) in [5.74, 6) is 0. The van der Waals surface area contributed by atoms with E-state index in [1.807, 2.05) is 10.9 Å². The van der Waals surface area contributed by atoms with Crippen LogP contribution in [0.2, 0.25) is 0 Å². The van der Waals surface area contributed by atoms with Crippen LogP contribution in [0.3, 0.4) is 0 Å². The zero-order chi connectivity index (χ0) is 13.0. The van der Waals surface area contributed by atoms with Crippen molar-refractivity contribution in [2.75, 3.05) is 33.7 Å². The predicted octanol–water partition coefficient (Wildman–Crippen LogP) is -0.237. The Kier molecular flexibility index (Phi) is 4.68. The Morgan fingerprint density at radius 3 is 2.72 bits per heavy atom. The van der Waals surface area contributed by atoms with Gasteiger partial charge in [-0.2, -0.15) is 0 Å². The standard InChI is InChI=1S/C12H24N6/c1-16(2)12-3-6-17(7-4-12)9-11-10-18(8-5-13)15-14-11/h10,12H,3-9,13H2,1-2H3. The third kappa shape index (κ3) is 3.51. The molecule has 1 fully saturated rings. The molecule has 2 rings (SSSR count). The van der Waals surface area contributed by atoms with Crippen molar-refractivity contribution in [1.82, 2.24) is 24.8 Å². The number of hydrogen-bond acceptors (Lipinski definition) is 5. The van der Waals surface area contributed by atoms with Crippen molar-refractivity contribution in [2.45, 2.75) is 32.0 Å². The minimum atomic E-state index is 0.608.